The Labute approximate surface area is 144 Å². The molecule has 132 valence electrons. The zero-order valence-corrected chi connectivity index (χ0v) is 14.2. The van der Waals surface area contributed by atoms with Crippen molar-refractivity contribution in [1.82, 2.24) is 9.78 Å². The minimum Gasteiger partial charge on any atom is -0.504 e. The highest BCUT2D eigenvalue weighted by Gasteiger charge is 2.21. The summed E-state index contributed by atoms with van der Waals surface area (Å²) < 4.78 is 20.1. The van der Waals surface area contributed by atoms with Gasteiger partial charge in [0.1, 0.15) is 11.4 Å². The third kappa shape index (κ3) is 4.28. The third-order valence-electron chi connectivity index (χ3n) is 3.25. The van der Waals surface area contributed by atoms with Gasteiger partial charge in [0.2, 0.25) is 5.70 Å². The van der Waals surface area contributed by atoms with E-state index in [-0.39, 0.29) is 12.3 Å². The van der Waals surface area contributed by atoms with Crippen LogP contribution in [0.4, 0.5) is 10.1 Å². The molecule has 25 heavy (non-hydrogen) atoms. The van der Waals surface area contributed by atoms with E-state index in [0.29, 0.717) is 17.9 Å². The van der Waals surface area contributed by atoms with E-state index in [9.17, 15) is 14.3 Å². The Balaban J connectivity index is 2.51. The monoisotopic (exact) mass is 346 g/mol. The summed E-state index contributed by atoms with van der Waals surface area (Å²) in [5.41, 5.74) is 0.491. The number of carbonyl (C=O) groups excluding carboxylic acids is 1. The maximum atomic E-state index is 13.7. The number of carbonyl (C=O) groups is 1. The molecule has 0 saturated carbocycles. The zero-order valence-electron chi connectivity index (χ0n) is 14.2. The van der Waals surface area contributed by atoms with Gasteiger partial charge in [-0.05, 0) is 39.0 Å². The molecular weight excluding hydrogens is 327 g/mol. The molecule has 0 aliphatic heterocycles. The van der Waals surface area contributed by atoms with Crippen molar-refractivity contribution in [3.63, 3.8) is 0 Å². The molecule has 0 saturated heterocycles. The molecule has 1 aromatic carbocycles. The van der Waals surface area contributed by atoms with Gasteiger partial charge in [-0.1, -0.05) is 12.1 Å². The van der Waals surface area contributed by atoms with Crippen molar-refractivity contribution in [3.05, 3.63) is 53.2 Å². The number of aliphatic hydroxyl groups excluding tert-OH is 1. The molecule has 8 heteroatoms. The van der Waals surface area contributed by atoms with E-state index in [4.69, 9.17) is 4.74 Å². The van der Waals surface area contributed by atoms with Crippen LogP contribution in [0.5, 0.6) is 0 Å². The summed E-state index contributed by atoms with van der Waals surface area (Å²) in [6.45, 7) is 5.80. The fourth-order valence-corrected chi connectivity index (χ4v) is 2.12. The zero-order chi connectivity index (χ0) is 18.4. The fourth-order valence-electron chi connectivity index (χ4n) is 2.12. The lowest BCUT2D eigenvalue weighted by atomic mass is 10.2. The highest BCUT2D eigenvalue weighted by atomic mass is 19.1. The Bertz CT molecular complexity index is 827. The van der Waals surface area contributed by atoms with Crippen LogP contribution in [0.15, 0.2) is 46.3 Å². The van der Waals surface area contributed by atoms with Crippen molar-refractivity contribution in [2.24, 2.45) is 10.2 Å². The summed E-state index contributed by atoms with van der Waals surface area (Å²) in [6, 6.07) is 7.32. The van der Waals surface area contributed by atoms with Gasteiger partial charge in [-0.25, -0.2) is 9.18 Å². The van der Waals surface area contributed by atoms with Crippen LogP contribution >= 0.6 is 0 Å². The summed E-state index contributed by atoms with van der Waals surface area (Å²) in [7, 11) is 0. The summed E-state index contributed by atoms with van der Waals surface area (Å²) in [5.74, 6) is -1.88. The molecule has 0 bridgehead atoms. The van der Waals surface area contributed by atoms with Gasteiger partial charge in [-0.2, -0.15) is 5.10 Å². The number of esters is 1. The van der Waals surface area contributed by atoms with Gasteiger partial charge in [0.05, 0.1) is 12.3 Å². The lowest BCUT2D eigenvalue weighted by Crippen LogP contribution is -2.10. The van der Waals surface area contributed by atoms with Crippen LogP contribution in [0.1, 0.15) is 25.2 Å². The number of aromatic nitrogens is 2. The van der Waals surface area contributed by atoms with E-state index < -0.39 is 23.2 Å². The highest BCUT2D eigenvalue weighted by Crippen LogP contribution is 2.23. The Morgan fingerprint density at radius 3 is 2.72 bits per heavy atom. The maximum absolute atomic E-state index is 13.7. The molecule has 0 unspecified atom stereocenters. The average Bonchev–Trinajstić information content (AvgIpc) is 2.97. The van der Waals surface area contributed by atoms with Crippen LogP contribution in [-0.2, 0) is 16.1 Å². The van der Waals surface area contributed by atoms with Gasteiger partial charge in [0, 0.05) is 6.54 Å². The first-order valence-electron chi connectivity index (χ1n) is 7.79. The minimum absolute atomic E-state index is 0.0581. The number of benzene rings is 1. The molecule has 2 aromatic rings. The van der Waals surface area contributed by atoms with Gasteiger partial charge >= 0.3 is 5.97 Å². The SMILES string of the molecule is CCOC(=O)/C(N=Nc1ccccc1F)=C(\O)c1cc(C)nn1CC. The van der Waals surface area contributed by atoms with Gasteiger partial charge in [0.25, 0.3) is 0 Å². The Morgan fingerprint density at radius 2 is 2.08 bits per heavy atom. The average molecular weight is 346 g/mol. The molecule has 0 fully saturated rings. The number of aliphatic hydroxyl groups is 1. The molecule has 1 N–H and O–H groups in total. The largest absolute Gasteiger partial charge is 0.504 e. The minimum atomic E-state index is -0.860. The Hall–Kier alpha value is -3.03. The first-order chi connectivity index (χ1) is 12.0. The van der Waals surface area contributed by atoms with Crippen molar-refractivity contribution in [3.8, 4) is 0 Å². The maximum Gasteiger partial charge on any atom is 0.362 e. The summed E-state index contributed by atoms with van der Waals surface area (Å²) in [6.07, 6.45) is 0. The van der Waals surface area contributed by atoms with Crippen LogP contribution in [0.25, 0.3) is 5.76 Å². The van der Waals surface area contributed by atoms with E-state index >= 15 is 0 Å². The lowest BCUT2D eigenvalue weighted by molar-refractivity contribution is -0.138. The predicted molar refractivity (Wildman–Crippen MR) is 89.7 cm³/mol. The highest BCUT2D eigenvalue weighted by molar-refractivity contribution is 5.95. The summed E-state index contributed by atoms with van der Waals surface area (Å²) >= 11 is 0. The second kappa shape index (κ2) is 8.18. The van der Waals surface area contributed by atoms with Crippen molar-refractivity contribution in [2.75, 3.05) is 6.61 Å². The third-order valence-corrected chi connectivity index (χ3v) is 3.25. The van der Waals surface area contributed by atoms with Gasteiger partial charge in [-0.3, -0.25) is 4.68 Å². The van der Waals surface area contributed by atoms with E-state index in [2.05, 4.69) is 15.3 Å². The first kappa shape index (κ1) is 18.3. The van der Waals surface area contributed by atoms with E-state index in [1.807, 2.05) is 6.92 Å². The van der Waals surface area contributed by atoms with E-state index in [0.717, 1.165) is 0 Å². The second-order valence-electron chi connectivity index (χ2n) is 5.06. The quantitative estimate of drug-likeness (QED) is 0.371. The first-order valence-corrected chi connectivity index (χ1v) is 7.79. The van der Waals surface area contributed by atoms with Crippen molar-refractivity contribution in [2.45, 2.75) is 27.3 Å². The summed E-state index contributed by atoms with van der Waals surface area (Å²) in [4.78, 5) is 12.2. The molecule has 1 aromatic heterocycles. The molecule has 0 aliphatic carbocycles. The number of hydrogen-bond acceptors (Lipinski definition) is 6. The van der Waals surface area contributed by atoms with Crippen LogP contribution in [0.3, 0.4) is 0 Å². The van der Waals surface area contributed by atoms with Crippen molar-refractivity contribution >= 4 is 17.4 Å². The number of azo groups is 1. The number of nitrogens with zero attached hydrogens (tertiary/aromatic N) is 4. The van der Waals surface area contributed by atoms with Gasteiger partial charge in [0.15, 0.2) is 11.6 Å². The number of ether oxygens (including phenoxy) is 1. The van der Waals surface area contributed by atoms with Crippen molar-refractivity contribution < 1.29 is 19.0 Å². The van der Waals surface area contributed by atoms with Crippen LogP contribution in [-0.4, -0.2) is 27.5 Å². The summed E-state index contributed by atoms with van der Waals surface area (Å²) in [5, 5.41) is 22.2. The molecule has 0 spiro atoms. The molecule has 0 aliphatic rings. The Kier molecular flexibility index (Phi) is 5.99. The fraction of sp³-hybridized carbons (Fsp3) is 0.294. The lowest BCUT2D eigenvalue weighted by Gasteiger charge is -2.07. The van der Waals surface area contributed by atoms with E-state index in [1.165, 1.54) is 22.9 Å². The van der Waals surface area contributed by atoms with Crippen molar-refractivity contribution in [1.29, 1.82) is 0 Å². The second-order valence-corrected chi connectivity index (χ2v) is 5.06. The number of halogens is 1. The molecular formula is C17H19FN4O3. The molecule has 1 heterocycles. The number of hydrogen-bond donors (Lipinski definition) is 1. The van der Waals surface area contributed by atoms with Crippen LogP contribution < -0.4 is 0 Å². The van der Waals surface area contributed by atoms with Crippen LogP contribution in [0, 0.1) is 12.7 Å². The standard InChI is InChI=1S/C17H19FN4O3/c1-4-22-14(10-11(3)21-22)16(23)15(17(24)25-5-2)20-19-13-9-7-6-8-12(13)18/h6-10,23H,4-5H2,1-3H3/b16-15+,20-19?. The smallest absolute Gasteiger partial charge is 0.362 e. The normalized spacial score (nSPS) is 12.3. The van der Waals surface area contributed by atoms with Gasteiger partial charge < -0.3 is 9.84 Å². The van der Waals surface area contributed by atoms with Crippen LogP contribution in [0.2, 0.25) is 0 Å². The number of aryl methyl sites for hydroxylation is 2. The molecule has 7 nitrogen and oxygen atoms in total. The predicted octanol–water partition coefficient (Wildman–Crippen LogP) is 3.92. The van der Waals surface area contributed by atoms with E-state index in [1.54, 1.807) is 26.0 Å². The Morgan fingerprint density at radius 1 is 1.36 bits per heavy atom. The molecule has 0 atom stereocenters. The topological polar surface area (TPSA) is 89.1 Å². The molecule has 0 amide bonds. The molecule has 2 rings (SSSR count). The number of rotatable bonds is 6. The van der Waals surface area contributed by atoms with Gasteiger partial charge in [-0.15, -0.1) is 10.2 Å². The molecule has 0 radical (unpaired) electrons.